The standard InChI is InChI=1S/C40H44ClN3O6/c1-5-23-42(28-17-19-30(20-18-28)49-7-3)36(46)33-34-37(47)44(29(26-45)25-27-13-9-8-10-14-27)35(40(34)22-21-39(33,4)50-40)38(48)43(24-6-2)32-16-12-11-15-31(32)41/h5-6,8-20,29,33-35,45H,1-2,7,21-26H2,3-4H3/t29-,33+,34+,35?,39-,40?/m1/s1. The van der Waals surface area contributed by atoms with Crippen LogP contribution >= 0.6 is 11.6 Å². The van der Waals surface area contributed by atoms with Crippen molar-refractivity contribution in [2.45, 2.75) is 56.4 Å². The number of para-hydroxylation sites is 1. The molecule has 9 nitrogen and oxygen atoms in total. The second-order valence-corrected chi connectivity index (χ2v) is 13.8. The van der Waals surface area contributed by atoms with Crippen molar-refractivity contribution in [1.82, 2.24) is 4.90 Å². The van der Waals surface area contributed by atoms with Gasteiger partial charge < -0.3 is 29.3 Å². The Morgan fingerprint density at radius 1 is 1.00 bits per heavy atom. The van der Waals surface area contributed by atoms with E-state index in [4.69, 9.17) is 21.1 Å². The van der Waals surface area contributed by atoms with Crippen molar-refractivity contribution < 1.29 is 29.0 Å². The number of amides is 3. The molecule has 0 radical (unpaired) electrons. The zero-order valence-corrected chi connectivity index (χ0v) is 29.3. The van der Waals surface area contributed by atoms with Crippen LogP contribution in [-0.4, -0.2) is 77.3 Å². The second kappa shape index (κ2) is 14.4. The molecule has 6 rings (SSSR count). The largest absolute Gasteiger partial charge is 0.494 e. The third-order valence-electron chi connectivity index (χ3n) is 10.4. The van der Waals surface area contributed by atoms with Crippen LogP contribution in [0, 0.1) is 11.8 Å². The van der Waals surface area contributed by atoms with Crippen molar-refractivity contribution in [2.24, 2.45) is 11.8 Å². The Hall–Kier alpha value is -4.44. The van der Waals surface area contributed by atoms with Gasteiger partial charge in [0.25, 0.3) is 5.91 Å². The minimum absolute atomic E-state index is 0.120. The fourth-order valence-corrected chi connectivity index (χ4v) is 8.55. The maximum absolute atomic E-state index is 15.1. The number of nitrogens with zero attached hydrogens (tertiary/aromatic N) is 3. The Bertz CT molecular complexity index is 1750. The van der Waals surface area contributed by atoms with Gasteiger partial charge in [0.05, 0.1) is 47.4 Å². The van der Waals surface area contributed by atoms with Gasteiger partial charge in [-0.1, -0.05) is 66.2 Å². The molecule has 1 spiro atoms. The normalized spacial score (nSPS) is 25.6. The van der Waals surface area contributed by atoms with Crippen molar-refractivity contribution in [3.8, 4) is 5.75 Å². The lowest BCUT2D eigenvalue weighted by molar-refractivity contribution is -0.148. The molecular formula is C40H44ClN3O6. The highest BCUT2D eigenvalue weighted by molar-refractivity contribution is 6.34. The summed E-state index contributed by atoms with van der Waals surface area (Å²) in [6.07, 6.45) is 4.40. The summed E-state index contributed by atoms with van der Waals surface area (Å²) < 4.78 is 12.6. The highest BCUT2D eigenvalue weighted by Crippen LogP contribution is 2.64. The zero-order chi connectivity index (χ0) is 35.6. The number of carbonyl (C=O) groups is 3. The lowest BCUT2D eigenvalue weighted by atomic mass is 9.66. The van der Waals surface area contributed by atoms with Gasteiger partial charge in [0, 0.05) is 18.8 Å². The van der Waals surface area contributed by atoms with Gasteiger partial charge in [0.2, 0.25) is 11.8 Å². The fraction of sp³-hybridized carbons (Fsp3) is 0.375. The number of benzene rings is 3. The van der Waals surface area contributed by atoms with Crippen molar-refractivity contribution in [1.29, 1.82) is 0 Å². The summed E-state index contributed by atoms with van der Waals surface area (Å²) in [5.41, 5.74) is -0.358. The molecule has 3 heterocycles. The topological polar surface area (TPSA) is 99.6 Å². The minimum Gasteiger partial charge on any atom is -0.494 e. The number of aliphatic hydroxyl groups excluding tert-OH is 1. The molecule has 3 aromatic rings. The van der Waals surface area contributed by atoms with E-state index in [1.165, 1.54) is 9.80 Å². The van der Waals surface area contributed by atoms with Crippen LogP contribution in [0.4, 0.5) is 11.4 Å². The van der Waals surface area contributed by atoms with Crippen LogP contribution in [0.1, 0.15) is 32.3 Å². The molecule has 3 saturated heterocycles. The first-order valence-electron chi connectivity index (χ1n) is 17.1. The minimum atomic E-state index is -1.33. The van der Waals surface area contributed by atoms with Crippen molar-refractivity contribution in [3.63, 3.8) is 0 Å². The number of aliphatic hydroxyl groups is 1. The second-order valence-electron chi connectivity index (χ2n) is 13.4. The molecule has 3 aliphatic rings. The smallest absolute Gasteiger partial charge is 0.253 e. The number of carbonyl (C=O) groups excluding carboxylic acids is 3. The molecular weight excluding hydrogens is 654 g/mol. The number of ether oxygens (including phenoxy) is 2. The van der Waals surface area contributed by atoms with Crippen LogP contribution in [0.15, 0.2) is 104 Å². The third kappa shape index (κ3) is 6.01. The summed E-state index contributed by atoms with van der Waals surface area (Å²) in [4.78, 5) is 49.7. The van der Waals surface area contributed by atoms with Crippen molar-refractivity contribution in [2.75, 3.05) is 36.1 Å². The molecule has 0 saturated carbocycles. The van der Waals surface area contributed by atoms with Crippen LogP contribution < -0.4 is 14.5 Å². The van der Waals surface area contributed by atoms with E-state index >= 15 is 9.59 Å². The lowest BCUT2D eigenvalue weighted by Gasteiger charge is -2.39. The van der Waals surface area contributed by atoms with E-state index in [1.807, 2.05) is 56.3 Å². The van der Waals surface area contributed by atoms with Gasteiger partial charge in [-0.25, -0.2) is 0 Å². The van der Waals surface area contributed by atoms with Crippen LogP contribution in [0.25, 0.3) is 0 Å². The Morgan fingerprint density at radius 2 is 1.66 bits per heavy atom. The summed E-state index contributed by atoms with van der Waals surface area (Å²) >= 11 is 6.65. The maximum atomic E-state index is 15.1. The lowest BCUT2D eigenvalue weighted by Crippen LogP contribution is -2.59. The van der Waals surface area contributed by atoms with Gasteiger partial charge >= 0.3 is 0 Å². The maximum Gasteiger partial charge on any atom is 0.253 e. The highest BCUT2D eigenvalue weighted by atomic mass is 35.5. The molecule has 1 N–H and O–H groups in total. The Balaban J connectivity index is 1.46. The van der Waals surface area contributed by atoms with E-state index in [9.17, 15) is 9.90 Å². The van der Waals surface area contributed by atoms with Crippen LogP contribution in [0.3, 0.4) is 0 Å². The molecule has 2 unspecified atom stereocenters. The monoisotopic (exact) mass is 697 g/mol. The Kier molecular flexibility index (Phi) is 10.2. The molecule has 0 aliphatic carbocycles. The first kappa shape index (κ1) is 35.4. The van der Waals surface area contributed by atoms with Crippen molar-refractivity contribution >= 4 is 40.7 Å². The summed E-state index contributed by atoms with van der Waals surface area (Å²) in [6.45, 7) is 12.0. The SMILES string of the molecule is C=CCN(C(=O)[C@@H]1[C@H]2C(=O)N([C@@H](CO)Cc3ccccc3)C(C(=O)N(CC=C)c3ccccc3Cl)C23CC[C@@]1(C)O3)c1ccc(OCC)cc1. The first-order valence-corrected chi connectivity index (χ1v) is 17.5. The molecule has 3 aromatic carbocycles. The highest BCUT2D eigenvalue weighted by Gasteiger charge is 2.79. The number of likely N-dealkylation sites (tertiary alicyclic amines) is 1. The van der Waals surface area contributed by atoms with Crippen LogP contribution in [0.2, 0.25) is 5.02 Å². The predicted octanol–water partition coefficient (Wildman–Crippen LogP) is 5.85. The Labute approximate surface area is 298 Å². The van der Waals surface area contributed by atoms with E-state index < -0.39 is 47.6 Å². The molecule has 50 heavy (non-hydrogen) atoms. The first-order chi connectivity index (χ1) is 24.1. The van der Waals surface area contributed by atoms with E-state index in [-0.39, 0.29) is 24.9 Å². The third-order valence-corrected chi connectivity index (χ3v) is 10.7. The van der Waals surface area contributed by atoms with Gasteiger partial charge in [-0.05, 0) is 75.1 Å². The average molecular weight is 698 g/mol. The van der Waals surface area contributed by atoms with Gasteiger partial charge in [-0.2, -0.15) is 0 Å². The van der Waals surface area contributed by atoms with Gasteiger partial charge in [-0.15, -0.1) is 13.2 Å². The summed E-state index contributed by atoms with van der Waals surface area (Å²) in [5, 5.41) is 11.3. The average Bonchev–Trinajstić information content (AvgIpc) is 3.70. The zero-order valence-electron chi connectivity index (χ0n) is 28.5. The van der Waals surface area contributed by atoms with E-state index in [0.29, 0.717) is 48.0 Å². The number of hydrogen-bond acceptors (Lipinski definition) is 6. The molecule has 10 heteroatoms. The summed E-state index contributed by atoms with van der Waals surface area (Å²) in [7, 11) is 0. The molecule has 3 aliphatic heterocycles. The predicted molar refractivity (Wildman–Crippen MR) is 194 cm³/mol. The van der Waals surface area contributed by atoms with Gasteiger partial charge in [0.1, 0.15) is 17.4 Å². The number of anilines is 2. The van der Waals surface area contributed by atoms with E-state index in [2.05, 4.69) is 13.2 Å². The quantitative estimate of drug-likeness (QED) is 0.213. The molecule has 3 fully saturated rings. The van der Waals surface area contributed by atoms with E-state index in [0.717, 1.165) is 5.56 Å². The molecule has 0 aromatic heterocycles. The molecule has 2 bridgehead atoms. The number of rotatable bonds is 14. The Morgan fingerprint density at radius 3 is 2.30 bits per heavy atom. The number of hydrogen-bond donors (Lipinski definition) is 1. The van der Waals surface area contributed by atoms with Gasteiger partial charge in [0.15, 0.2) is 0 Å². The number of fused-ring (bicyclic) bond motifs is 1. The van der Waals surface area contributed by atoms with Gasteiger partial charge in [-0.3, -0.25) is 14.4 Å². The van der Waals surface area contributed by atoms with Crippen LogP contribution in [-0.2, 0) is 25.5 Å². The van der Waals surface area contributed by atoms with E-state index in [1.54, 1.807) is 53.5 Å². The summed E-state index contributed by atoms with van der Waals surface area (Å²) in [5.74, 6) is -2.29. The molecule has 3 amide bonds. The van der Waals surface area contributed by atoms with Crippen LogP contribution in [0.5, 0.6) is 5.75 Å². The molecule has 6 atom stereocenters. The fourth-order valence-electron chi connectivity index (χ4n) is 8.31. The number of halogens is 1. The molecule has 262 valence electrons. The summed E-state index contributed by atoms with van der Waals surface area (Å²) in [6, 6.07) is 21.9. The van der Waals surface area contributed by atoms with Crippen molar-refractivity contribution in [3.05, 3.63) is 115 Å².